The molecule has 6 aromatic carbocycles. The number of carbonyl (C=O) groups excluding carboxylic acids is 3. The molecule has 0 bridgehead atoms. The highest BCUT2D eigenvalue weighted by Crippen LogP contribution is 2.71. The molecule has 0 saturated carbocycles. The number of hydrogen-bond donors (Lipinski definition) is 0. The summed E-state index contributed by atoms with van der Waals surface area (Å²) >= 11 is 4.09. The topological polar surface area (TPSA) is 94.6 Å². The van der Waals surface area contributed by atoms with Gasteiger partial charge in [-0.2, -0.15) is 25.2 Å². The van der Waals surface area contributed by atoms with Crippen LogP contribution in [0.1, 0.15) is 51.8 Å². The second-order valence-corrected chi connectivity index (χ2v) is 20.4. The van der Waals surface area contributed by atoms with E-state index in [0.29, 0.717) is 31.4 Å². The lowest BCUT2D eigenvalue weighted by molar-refractivity contribution is -0.0496. The van der Waals surface area contributed by atoms with E-state index < -0.39 is 25.9 Å². The molecule has 6 aromatic rings. The van der Waals surface area contributed by atoms with Crippen LogP contribution in [-0.2, 0) is 13.7 Å². The summed E-state index contributed by atoms with van der Waals surface area (Å²) in [6, 6.07) is 40.6. The van der Waals surface area contributed by atoms with Crippen molar-refractivity contribution in [1.82, 2.24) is 0 Å². The Morgan fingerprint density at radius 1 is 0.421 bits per heavy atom. The standard InChI is InChI=1S/C43H33F3O6S5/c1-28(47)31-4-10-34(11-5-31)53-37-16-22-40(23-17-37)56(52-57(50,51)43(44,45)46,41-24-18-38(19-25-41)54-35-12-6-32(7-13-35)29(2)48)42-26-20-39(21-27-42)55-36-14-8-33(9-15-36)30(3)49/h4-27H,1-3H3. The molecule has 57 heavy (non-hydrogen) atoms. The van der Waals surface area contributed by atoms with E-state index in [0.717, 1.165) is 14.7 Å². The third kappa shape index (κ3) is 9.94. The van der Waals surface area contributed by atoms with Crippen molar-refractivity contribution >= 4 is 73.1 Å². The number of alkyl halides is 3. The summed E-state index contributed by atoms with van der Waals surface area (Å²) in [7, 11) is -9.81. The third-order valence-electron chi connectivity index (χ3n) is 8.43. The van der Waals surface area contributed by atoms with Crippen molar-refractivity contribution in [1.29, 1.82) is 0 Å². The summed E-state index contributed by atoms with van der Waals surface area (Å²) in [5, 5.41) is 0. The fraction of sp³-hybridized carbons (Fsp3) is 0.0930. The van der Waals surface area contributed by atoms with Crippen molar-refractivity contribution in [3.63, 3.8) is 0 Å². The van der Waals surface area contributed by atoms with E-state index in [9.17, 15) is 36.0 Å². The van der Waals surface area contributed by atoms with E-state index in [4.69, 9.17) is 3.63 Å². The number of hydrogen-bond acceptors (Lipinski definition) is 9. The molecule has 0 N–H and O–H groups in total. The molecule has 0 amide bonds. The molecule has 0 radical (unpaired) electrons. The highest BCUT2D eigenvalue weighted by atomic mass is 32.3. The van der Waals surface area contributed by atoms with Crippen molar-refractivity contribution in [2.24, 2.45) is 0 Å². The maximum Gasteiger partial charge on any atom is 0.524 e. The van der Waals surface area contributed by atoms with Crippen LogP contribution in [0.15, 0.2) is 190 Å². The minimum atomic E-state index is -6.17. The first-order chi connectivity index (χ1) is 27.0. The van der Waals surface area contributed by atoms with Crippen LogP contribution >= 0.6 is 45.6 Å². The van der Waals surface area contributed by atoms with Crippen LogP contribution < -0.4 is 0 Å². The highest BCUT2D eigenvalue weighted by molar-refractivity contribution is 8.33. The smallest absolute Gasteiger partial charge is 0.295 e. The van der Waals surface area contributed by atoms with Crippen LogP contribution in [0.5, 0.6) is 0 Å². The minimum absolute atomic E-state index is 0.0751. The van der Waals surface area contributed by atoms with Crippen molar-refractivity contribution < 1.29 is 39.6 Å². The summed E-state index contributed by atoms with van der Waals surface area (Å²) < 4.78 is 74.7. The quantitative estimate of drug-likeness (QED) is 0.0783. The zero-order chi connectivity index (χ0) is 41.0. The van der Waals surface area contributed by atoms with Gasteiger partial charge in [-0.05, 0) is 140 Å². The molecule has 0 saturated heterocycles. The summed E-state index contributed by atoms with van der Waals surface area (Å²) in [6.07, 6.45) is 0. The Kier molecular flexibility index (Phi) is 12.9. The Hall–Kier alpha value is -4.57. The Morgan fingerprint density at radius 3 is 0.825 bits per heavy atom. The number of ketones is 3. The number of rotatable bonds is 14. The van der Waals surface area contributed by atoms with Gasteiger partial charge >= 0.3 is 15.6 Å². The van der Waals surface area contributed by atoms with Gasteiger partial charge in [-0.3, -0.25) is 14.4 Å². The van der Waals surface area contributed by atoms with Crippen LogP contribution in [-0.4, -0.2) is 31.3 Å². The number of benzene rings is 6. The molecule has 0 atom stereocenters. The van der Waals surface area contributed by atoms with E-state index in [-0.39, 0.29) is 32.0 Å². The molecule has 292 valence electrons. The lowest BCUT2D eigenvalue weighted by Crippen LogP contribution is -2.27. The molecule has 0 aromatic heterocycles. The minimum Gasteiger partial charge on any atom is -0.295 e. The summed E-state index contributed by atoms with van der Waals surface area (Å²) in [5.74, 6) is -0.225. The maximum absolute atomic E-state index is 14.3. The van der Waals surface area contributed by atoms with Gasteiger partial charge in [0.25, 0.3) is 0 Å². The van der Waals surface area contributed by atoms with Gasteiger partial charge in [0, 0.05) is 60.7 Å². The molecule has 0 unspecified atom stereocenters. The monoisotopic (exact) mass is 862 g/mol. The van der Waals surface area contributed by atoms with Gasteiger partial charge < -0.3 is 0 Å². The number of halogens is 3. The predicted octanol–water partition coefficient (Wildman–Crippen LogP) is 12.8. The van der Waals surface area contributed by atoms with Crippen molar-refractivity contribution in [2.75, 3.05) is 0 Å². The van der Waals surface area contributed by atoms with E-state index in [1.165, 1.54) is 56.1 Å². The first kappa shape index (κ1) is 42.0. The van der Waals surface area contributed by atoms with E-state index in [1.54, 1.807) is 146 Å². The largest absolute Gasteiger partial charge is 0.524 e. The third-order valence-corrected chi connectivity index (χ3v) is 16.4. The summed E-state index contributed by atoms with van der Waals surface area (Å²) in [5.41, 5.74) is -4.07. The van der Waals surface area contributed by atoms with Crippen LogP contribution in [0.4, 0.5) is 13.2 Å². The normalized spacial score (nSPS) is 12.2. The van der Waals surface area contributed by atoms with Gasteiger partial charge in [-0.15, -0.1) is 0 Å². The molecule has 14 heteroatoms. The van der Waals surface area contributed by atoms with E-state index in [2.05, 4.69) is 0 Å². The Morgan fingerprint density at radius 2 is 0.632 bits per heavy atom. The second kappa shape index (κ2) is 17.5. The Labute approximate surface area is 343 Å². The van der Waals surface area contributed by atoms with E-state index >= 15 is 0 Å². The lowest BCUT2D eigenvalue weighted by atomic mass is 10.2. The Balaban J connectivity index is 1.44. The molecule has 0 spiro atoms. The molecule has 0 aliphatic heterocycles. The van der Waals surface area contributed by atoms with Gasteiger partial charge in [0.1, 0.15) is 0 Å². The predicted molar refractivity (Wildman–Crippen MR) is 219 cm³/mol. The molecule has 6 rings (SSSR count). The SMILES string of the molecule is CC(=O)c1ccc(Sc2ccc(S(OS(=O)(=O)C(F)(F)F)(c3ccc(Sc4ccc(C(C)=O)cc4)cc3)c3ccc(Sc4ccc(C(C)=O)cc4)cc3)cc2)cc1. The van der Waals surface area contributed by atoms with E-state index in [1.807, 2.05) is 0 Å². The van der Waals surface area contributed by atoms with Crippen molar-refractivity contribution in [3.05, 3.63) is 162 Å². The number of Topliss-reactive ketones (excluding diaryl/α,β-unsaturated/α-hetero) is 3. The van der Waals surface area contributed by atoms with Gasteiger partial charge in [0.2, 0.25) is 0 Å². The van der Waals surface area contributed by atoms with Gasteiger partial charge in [-0.25, -0.2) is 0 Å². The number of carbonyl (C=O) groups is 3. The summed E-state index contributed by atoms with van der Waals surface area (Å²) in [6.45, 7) is 4.42. The van der Waals surface area contributed by atoms with Crippen LogP contribution in [0.2, 0.25) is 0 Å². The first-order valence-corrected chi connectivity index (χ1v) is 22.5. The molecule has 0 fully saturated rings. The zero-order valence-corrected chi connectivity index (χ0v) is 34.6. The molecule has 0 aliphatic rings. The fourth-order valence-electron chi connectivity index (χ4n) is 5.48. The van der Waals surface area contributed by atoms with Crippen LogP contribution in [0, 0.1) is 0 Å². The van der Waals surface area contributed by atoms with Crippen LogP contribution in [0.3, 0.4) is 0 Å². The van der Waals surface area contributed by atoms with Gasteiger partial charge in [-0.1, -0.05) is 71.7 Å². The van der Waals surface area contributed by atoms with Gasteiger partial charge in [0.05, 0.1) is 0 Å². The second-order valence-electron chi connectivity index (χ2n) is 12.5. The van der Waals surface area contributed by atoms with Crippen molar-refractivity contribution in [3.8, 4) is 0 Å². The average Bonchev–Trinajstić information content (AvgIpc) is 3.18. The lowest BCUT2D eigenvalue weighted by Gasteiger charge is -2.39. The molecule has 6 nitrogen and oxygen atoms in total. The first-order valence-electron chi connectivity index (χ1n) is 17.1. The summed E-state index contributed by atoms with van der Waals surface area (Å²) in [4.78, 5) is 40.5. The maximum atomic E-state index is 14.3. The molecular formula is C43H33F3O6S5. The zero-order valence-electron chi connectivity index (χ0n) is 30.5. The average molecular weight is 863 g/mol. The Bertz CT molecular complexity index is 2260. The molecular weight excluding hydrogens is 830 g/mol. The van der Waals surface area contributed by atoms with Crippen LogP contribution in [0.25, 0.3) is 0 Å². The van der Waals surface area contributed by atoms with Gasteiger partial charge in [0.15, 0.2) is 17.3 Å². The fourth-order valence-corrected chi connectivity index (χ4v) is 12.6. The molecule has 0 aliphatic carbocycles. The highest BCUT2D eigenvalue weighted by Gasteiger charge is 2.52. The van der Waals surface area contributed by atoms with Crippen molar-refractivity contribution in [2.45, 2.75) is 70.3 Å². The molecule has 0 heterocycles.